The molecule has 0 spiro atoms. The summed E-state index contributed by atoms with van der Waals surface area (Å²) in [6.45, 7) is -0.170. The zero-order valence-electron chi connectivity index (χ0n) is 13.9. The number of aromatic nitrogens is 1. The molecule has 6 nitrogen and oxygen atoms in total. The lowest BCUT2D eigenvalue weighted by atomic mass is 10.0. The van der Waals surface area contributed by atoms with Crippen LogP contribution in [0.2, 0.25) is 0 Å². The molecule has 1 aromatic carbocycles. The van der Waals surface area contributed by atoms with Crippen LogP contribution in [0.3, 0.4) is 0 Å². The van der Waals surface area contributed by atoms with Crippen LogP contribution in [0.15, 0.2) is 41.0 Å². The van der Waals surface area contributed by atoms with Gasteiger partial charge in [0.05, 0.1) is 13.7 Å². The molecule has 26 heavy (non-hydrogen) atoms. The number of hydrogen-bond acceptors (Lipinski definition) is 4. The molecule has 0 radical (unpaired) electrons. The lowest BCUT2D eigenvalue weighted by Crippen LogP contribution is -2.47. The molecule has 3 rings (SSSR count). The summed E-state index contributed by atoms with van der Waals surface area (Å²) in [5.74, 6) is -1.90. The monoisotopic (exact) mass is 422 g/mol. The quantitative estimate of drug-likeness (QED) is 0.548. The van der Waals surface area contributed by atoms with Crippen LogP contribution in [0, 0.1) is 5.82 Å². The summed E-state index contributed by atoms with van der Waals surface area (Å²) in [6.07, 6.45) is 1.86. The van der Waals surface area contributed by atoms with Crippen molar-refractivity contribution in [2.24, 2.45) is 0 Å². The first kappa shape index (κ1) is 18.3. The number of methoxy groups -OCH3 is 1. The fourth-order valence-corrected chi connectivity index (χ4v) is 3.31. The molecule has 0 aliphatic carbocycles. The van der Waals surface area contributed by atoms with Crippen molar-refractivity contribution in [1.29, 1.82) is 0 Å². The Morgan fingerprint density at radius 2 is 2.08 bits per heavy atom. The van der Waals surface area contributed by atoms with Crippen LogP contribution in [-0.2, 0) is 20.9 Å². The van der Waals surface area contributed by atoms with Crippen molar-refractivity contribution in [3.8, 4) is 0 Å². The number of ether oxygens (including phenoxy) is 1. The number of carbonyl (C=O) groups excluding carboxylic acids is 3. The Balaban J connectivity index is 1.90. The molecule has 2 aromatic rings. The number of hydrogen-bond donors (Lipinski definition) is 0. The van der Waals surface area contributed by atoms with Crippen molar-refractivity contribution < 1.29 is 23.5 Å². The number of rotatable bonds is 5. The summed E-state index contributed by atoms with van der Waals surface area (Å²) in [5.41, 5.74) is 0.568. The number of nitrogens with zero attached hydrogens (tertiary/aromatic N) is 2. The molecule has 1 aliphatic rings. The summed E-state index contributed by atoms with van der Waals surface area (Å²) < 4.78 is 20.9. The maximum absolute atomic E-state index is 14.1. The van der Waals surface area contributed by atoms with Gasteiger partial charge in [-0.25, -0.2) is 4.39 Å². The lowest BCUT2D eigenvalue weighted by molar-refractivity contribution is -0.141. The molecule has 0 fully saturated rings. The molecule has 0 N–H and O–H groups in total. The molecule has 8 heteroatoms. The van der Waals surface area contributed by atoms with Gasteiger partial charge in [0.15, 0.2) is 0 Å². The van der Waals surface area contributed by atoms with E-state index in [9.17, 15) is 18.8 Å². The zero-order valence-corrected chi connectivity index (χ0v) is 15.5. The normalized spacial score (nSPS) is 16.6. The fraction of sp³-hybridized carbons (Fsp3) is 0.278. The molecular weight excluding hydrogens is 407 g/mol. The highest BCUT2D eigenvalue weighted by Gasteiger charge is 2.38. The first-order valence-corrected chi connectivity index (χ1v) is 8.75. The van der Waals surface area contributed by atoms with Gasteiger partial charge in [-0.1, -0.05) is 22.0 Å². The average Bonchev–Trinajstić information content (AvgIpc) is 3.09. The third-order valence-corrected chi connectivity index (χ3v) is 4.82. The van der Waals surface area contributed by atoms with E-state index >= 15 is 0 Å². The van der Waals surface area contributed by atoms with Crippen molar-refractivity contribution in [1.82, 2.24) is 9.47 Å². The summed E-state index contributed by atoms with van der Waals surface area (Å²) >= 11 is 3.18. The number of fused-ring (bicyclic) bond motifs is 1. The molecule has 1 unspecified atom stereocenters. The van der Waals surface area contributed by atoms with Gasteiger partial charge < -0.3 is 9.30 Å². The first-order valence-electron chi connectivity index (χ1n) is 7.95. The van der Waals surface area contributed by atoms with Crippen LogP contribution in [0.25, 0.3) is 0 Å². The third kappa shape index (κ3) is 3.41. The molecule has 2 heterocycles. The Labute approximate surface area is 157 Å². The predicted molar refractivity (Wildman–Crippen MR) is 93.7 cm³/mol. The van der Waals surface area contributed by atoms with Crippen LogP contribution >= 0.6 is 15.9 Å². The largest absolute Gasteiger partial charge is 0.469 e. The summed E-state index contributed by atoms with van der Waals surface area (Å²) in [4.78, 5) is 38.0. The van der Waals surface area contributed by atoms with Crippen molar-refractivity contribution in [3.05, 3.63) is 58.1 Å². The Morgan fingerprint density at radius 3 is 2.77 bits per heavy atom. The van der Waals surface area contributed by atoms with Gasteiger partial charge in [-0.05, 0) is 30.7 Å². The van der Waals surface area contributed by atoms with Crippen LogP contribution in [0.5, 0.6) is 0 Å². The van der Waals surface area contributed by atoms with Gasteiger partial charge in [0.1, 0.15) is 17.6 Å². The molecule has 0 saturated carbocycles. The molecule has 0 saturated heterocycles. The van der Waals surface area contributed by atoms with E-state index in [1.165, 1.54) is 19.2 Å². The minimum absolute atomic E-state index is 0.0409. The van der Waals surface area contributed by atoms with E-state index in [0.717, 1.165) is 4.90 Å². The predicted octanol–water partition coefficient (Wildman–Crippen LogP) is 3.07. The summed E-state index contributed by atoms with van der Waals surface area (Å²) in [6, 6.07) is 7.01. The Morgan fingerprint density at radius 1 is 1.31 bits per heavy atom. The highest BCUT2D eigenvalue weighted by Crippen LogP contribution is 2.29. The van der Waals surface area contributed by atoms with Crippen molar-refractivity contribution in [2.75, 3.05) is 7.11 Å². The van der Waals surface area contributed by atoms with Crippen LogP contribution < -0.4 is 0 Å². The lowest BCUT2D eigenvalue weighted by Gasteiger charge is -2.32. The summed E-state index contributed by atoms with van der Waals surface area (Å²) in [5, 5.41) is 0. The van der Waals surface area contributed by atoms with E-state index in [2.05, 4.69) is 20.7 Å². The van der Waals surface area contributed by atoms with E-state index in [0.29, 0.717) is 10.2 Å². The standard InChI is InChI=1S/C18H16BrFN2O4/c1-26-16(23)7-6-15-18(25)22(17(24)14-3-2-8-21(14)15)10-11-4-5-12(19)9-13(11)20/h2-5,8-9,15H,6-7,10H2,1H3. The Kier molecular flexibility index (Phi) is 5.22. The number of carbonyl (C=O) groups is 3. The summed E-state index contributed by atoms with van der Waals surface area (Å²) in [7, 11) is 1.28. The van der Waals surface area contributed by atoms with Crippen LogP contribution in [0.1, 0.15) is 34.9 Å². The molecular formula is C18H16BrFN2O4. The fourth-order valence-electron chi connectivity index (χ4n) is 2.97. The van der Waals surface area contributed by atoms with Gasteiger partial charge in [0, 0.05) is 22.7 Å². The second-order valence-electron chi connectivity index (χ2n) is 5.90. The third-order valence-electron chi connectivity index (χ3n) is 4.32. The number of imide groups is 1. The van der Waals surface area contributed by atoms with Crippen molar-refractivity contribution >= 4 is 33.7 Å². The second-order valence-corrected chi connectivity index (χ2v) is 6.81. The molecule has 1 atom stereocenters. The molecule has 136 valence electrons. The Hall–Kier alpha value is -2.48. The second kappa shape index (κ2) is 7.41. The molecule has 2 amide bonds. The maximum atomic E-state index is 14.1. The molecule has 0 bridgehead atoms. The van der Waals surface area contributed by atoms with E-state index in [-0.39, 0.29) is 24.9 Å². The minimum atomic E-state index is -0.713. The molecule has 1 aliphatic heterocycles. The number of benzene rings is 1. The number of halogens is 2. The number of esters is 1. The van der Waals surface area contributed by atoms with Gasteiger partial charge in [-0.2, -0.15) is 0 Å². The minimum Gasteiger partial charge on any atom is -0.469 e. The van der Waals surface area contributed by atoms with E-state index in [4.69, 9.17) is 0 Å². The highest BCUT2D eigenvalue weighted by atomic mass is 79.9. The van der Waals surface area contributed by atoms with Crippen molar-refractivity contribution in [2.45, 2.75) is 25.4 Å². The van der Waals surface area contributed by atoms with Gasteiger partial charge >= 0.3 is 5.97 Å². The van der Waals surface area contributed by atoms with Crippen molar-refractivity contribution in [3.63, 3.8) is 0 Å². The molecule has 1 aromatic heterocycles. The number of amides is 2. The SMILES string of the molecule is COC(=O)CCC1C(=O)N(Cc2ccc(Br)cc2F)C(=O)c2cccn21. The smallest absolute Gasteiger partial charge is 0.305 e. The van der Waals surface area contributed by atoms with Crippen LogP contribution in [-0.4, -0.2) is 34.4 Å². The van der Waals surface area contributed by atoms with Gasteiger partial charge in [-0.15, -0.1) is 0 Å². The van der Waals surface area contributed by atoms with Gasteiger partial charge in [0.2, 0.25) is 0 Å². The van der Waals surface area contributed by atoms with E-state index in [1.54, 1.807) is 29.0 Å². The van der Waals surface area contributed by atoms with Gasteiger partial charge in [-0.3, -0.25) is 19.3 Å². The maximum Gasteiger partial charge on any atom is 0.305 e. The van der Waals surface area contributed by atoms with E-state index in [1.807, 2.05) is 0 Å². The Bertz CT molecular complexity index is 880. The highest BCUT2D eigenvalue weighted by molar-refractivity contribution is 9.10. The zero-order chi connectivity index (χ0) is 18.8. The van der Waals surface area contributed by atoms with Crippen LogP contribution in [0.4, 0.5) is 4.39 Å². The van der Waals surface area contributed by atoms with E-state index < -0.39 is 29.6 Å². The average molecular weight is 423 g/mol. The first-order chi connectivity index (χ1) is 12.4. The van der Waals surface area contributed by atoms with Gasteiger partial charge in [0.25, 0.3) is 11.8 Å². The topological polar surface area (TPSA) is 68.6 Å².